The lowest BCUT2D eigenvalue weighted by Crippen LogP contribution is -2.37. The second-order valence-electron chi connectivity index (χ2n) is 7.07. The summed E-state index contributed by atoms with van der Waals surface area (Å²) in [5.74, 6) is 1.53. The zero-order chi connectivity index (χ0) is 18.4. The number of amides is 2. The van der Waals surface area contributed by atoms with Gasteiger partial charge in [0, 0.05) is 31.6 Å². The van der Waals surface area contributed by atoms with Gasteiger partial charge in [0.1, 0.15) is 5.82 Å². The summed E-state index contributed by atoms with van der Waals surface area (Å²) in [6, 6.07) is 5.24. The van der Waals surface area contributed by atoms with E-state index in [1.807, 2.05) is 7.05 Å². The highest BCUT2D eigenvalue weighted by atomic mass is 16.5. The molecule has 2 aliphatic rings. The average molecular weight is 354 g/mol. The van der Waals surface area contributed by atoms with E-state index in [0.717, 1.165) is 17.9 Å². The summed E-state index contributed by atoms with van der Waals surface area (Å²) >= 11 is 0. The molecule has 0 saturated heterocycles. The molecule has 2 aliphatic heterocycles. The van der Waals surface area contributed by atoms with Gasteiger partial charge in [-0.1, -0.05) is 19.9 Å². The molecule has 0 unspecified atom stereocenters. The normalized spacial score (nSPS) is 16.0. The fraction of sp³-hybridized carbons (Fsp3) is 0.421. The molecule has 1 N–H and O–H groups in total. The van der Waals surface area contributed by atoms with Crippen molar-refractivity contribution >= 4 is 17.5 Å². The number of imidazole rings is 1. The van der Waals surface area contributed by atoms with E-state index >= 15 is 0 Å². The van der Waals surface area contributed by atoms with Gasteiger partial charge in [0.2, 0.25) is 0 Å². The van der Waals surface area contributed by atoms with Crippen LogP contribution in [0.5, 0.6) is 5.75 Å². The molecule has 1 aromatic heterocycles. The predicted octanol–water partition coefficient (Wildman–Crippen LogP) is 2.07. The van der Waals surface area contributed by atoms with E-state index < -0.39 is 0 Å². The van der Waals surface area contributed by atoms with Gasteiger partial charge in [0.25, 0.3) is 11.8 Å². The highest BCUT2D eigenvalue weighted by Crippen LogP contribution is 2.33. The van der Waals surface area contributed by atoms with Crippen LogP contribution in [0.4, 0.5) is 5.69 Å². The fourth-order valence-corrected chi connectivity index (χ4v) is 3.69. The number of nitrogens with one attached hydrogen (secondary N) is 1. The molecule has 7 heteroatoms. The second-order valence-corrected chi connectivity index (χ2v) is 7.07. The Labute approximate surface area is 152 Å². The Morgan fingerprint density at radius 1 is 1.35 bits per heavy atom. The molecule has 4 rings (SSSR count). The molecule has 3 heterocycles. The number of aromatic nitrogens is 2. The number of carbonyl (C=O) groups excluding carboxylic acids is 2. The number of rotatable bonds is 2. The highest BCUT2D eigenvalue weighted by Gasteiger charge is 2.30. The smallest absolute Gasteiger partial charge is 0.262 e. The Morgan fingerprint density at radius 2 is 2.15 bits per heavy atom. The number of nitrogens with zero attached hydrogens (tertiary/aromatic N) is 3. The lowest BCUT2D eigenvalue weighted by molar-refractivity contribution is -0.118. The number of ether oxygens (including phenoxy) is 1. The number of carbonyl (C=O) groups is 2. The first-order valence-corrected chi connectivity index (χ1v) is 8.85. The van der Waals surface area contributed by atoms with Crippen molar-refractivity contribution < 1.29 is 14.3 Å². The van der Waals surface area contributed by atoms with Gasteiger partial charge in [0.05, 0.1) is 23.5 Å². The number of hydrogen-bond donors (Lipinski definition) is 1. The van der Waals surface area contributed by atoms with Crippen molar-refractivity contribution in [3.8, 4) is 5.75 Å². The average Bonchev–Trinajstić information content (AvgIpc) is 2.96. The number of anilines is 1. The van der Waals surface area contributed by atoms with Crippen molar-refractivity contribution in [1.29, 1.82) is 0 Å². The molecular weight excluding hydrogens is 332 g/mol. The van der Waals surface area contributed by atoms with E-state index in [4.69, 9.17) is 9.72 Å². The van der Waals surface area contributed by atoms with Gasteiger partial charge in [-0.25, -0.2) is 4.98 Å². The molecule has 0 spiro atoms. The van der Waals surface area contributed by atoms with Crippen LogP contribution in [0.15, 0.2) is 18.2 Å². The van der Waals surface area contributed by atoms with Crippen LogP contribution in [0.25, 0.3) is 0 Å². The van der Waals surface area contributed by atoms with Crippen molar-refractivity contribution in [3.05, 3.63) is 41.0 Å². The Hall–Kier alpha value is -2.83. The van der Waals surface area contributed by atoms with E-state index in [1.54, 1.807) is 23.1 Å². The maximum absolute atomic E-state index is 13.1. The third-order valence-electron chi connectivity index (χ3n) is 4.96. The topological polar surface area (TPSA) is 76.5 Å². The Kier molecular flexibility index (Phi) is 3.94. The molecule has 7 nitrogen and oxygen atoms in total. The zero-order valence-electron chi connectivity index (χ0n) is 15.2. The molecule has 0 aliphatic carbocycles. The van der Waals surface area contributed by atoms with Crippen LogP contribution in [0.1, 0.15) is 47.3 Å². The van der Waals surface area contributed by atoms with Gasteiger partial charge in [-0.05, 0) is 12.1 Å². The van der Waals surface area contributed by atoms with Crippen LogP contribution in [0.2, 0.25) is 0 Å². The number of fused-ring (bicyclic) bond motifs is 2. The Morgan fingerprint density at radius 3 is 2.92 bits per heavy atom. The Bertz CT molecular complexity index is 900. The summed E-state index contributed by atoms with van der Waals surface area (Å²) < 4.78 is 7.68. The third kappa shape index (κ3) is 2.64. The molecule has 0 fully saturated rings. The summed E-state index contributed by atoms with van der Waals surface area (Å²) in [5, 5.41) is 2.75. The van der Waals surface area contributed by atoms with E-state index in [2.05, 4.69) is 23.7 Å². The number of hydrogen-bond acceptors (Lipinski definition) is 4. The quantitative estimate of drug-likeness (QED) is 0.896. The summed E-state index contributed by atoms with van der Waals surface area (Å²) in [6.45, 7) is 5.31. The molecule has 0 bridgehead atoms. The number of para-hydroxylation sites is 1. The summed E-state index contributed by atoms with van der Waals surface area (Å²) in [4.78, 5) is 31.1. The van der Waals surface area contributed by atoms with Gasteiger partial charge < -0.3 is 19.5 Å². The molecule has 2 aromatic rings. The van der Waals surface area contributed by atoms with Crippen LogP contribution < -0.4 is 10.1 Å². The first-order chi connectivity index (χ1) is 12.5. The summed E-state index contributed by atoms with van der Waals surface area (Å²) in [7, 11) is 2.04. The number of benzene rings is 1. The molecule has 2 amide bonds. The molecule has 0 saturated carbocycles. The van der Waals surface area contributed by atoms with E-state index in [-0.39, 0.29) is 18.4 Å². The SMILES string of the molecule is CC(C)c1nc2c(n1C)CCN(C(=O)c1cccc3c1OCC(=O)N3)C2. The highest BCUT2D eigenvalue weighted by molar-refractivity contribution is 6.03. The standard InChI is InChI=1S/C19H22N4O3/c1-11(2)18-21-14-9-23(8-7-15(14)22(18)3)19(25)12-5-4-6-13-17(12)26-10-16(24)20-13/h4-6,11H,7-10H2,1-3H3,(H,20,24). The van der Waals surface area contributed by atoms with Crippen molar-refractivity contribution in [2.75, 3.05) is 18.5 Å². The lowest BCUT2D eigenvalue weighted by Gasteiger charge is -2.28. The largest absolute Gasteiger partial charge is 0.481 e. The second kappa shape index (κ2) is 6.16. The first kappa shape index (κ1) is 16.6. The van der Waals surface area contributed by atoms with Gasteiger partial charge >= 0.3 is 0 Å². The summed E-state index contributed by atoms with van der Waals surface area (Å²) in [5.41, 5.74) is 3.20. The van der Waals surface area contributed by atoms with Crippen LogP contribution in [-0.2, 0) is 24.8 Å². The van der Waals surface area contributed by atoms with E-state index in [0.29, 0.717) is 36.0 Å². The van der Waals surface area contributed by atoms with Crippen molar-refractivity contribution in [2.24, 2.45) is 7.05 Å². The fourth-order valence-electron chi connectivity index (χ4n) is 3.69. The molecule has 26 heavy (non-hydrogen) atoms. The predicted molar refractivity (Wildman–Crippen MR) is 96.3 cm³/mol. The van der Waals surface area contributed by atoms with Gasteiger partial charge in [-0.2, -0.15) is 0 Å². The van der Waals surface area contributed by atoms with Crippen molar-refractivity contribution in [2.45, 2.75) is 32.7 Å². The van der Waals surface area contributed by atoms with E-state index in [9.17, 15) is 9.59 Å². The minimum absolute atomic E-state index is 0.0700. The summed E-state index contributed by atoms with van der Waals surface area (Å²) in [6.07, 6.45) is 0.782. The van der Waals surface area contributed by atoms with Crippen LogP contribution >= 0.6 is 0 Å². The molecule has 136 valence electrons. The minimum atomic E-state index is -0.209. The van der Waals surface area contributed by atoms with Crippen LogP contribution in [0, 0.1) is 0 Å². The lowest BCUT2D eigenvalue weighted by atomic mass is 10.1. The maximum atomic E-state index is 13.1. The monoisotopic (exact) mass is 354 g/mol. The van der Waals surface area contributed by atoms with Crippen LogP contribution in [0.3, 0.4) is 0 Å². The molecule has 0 radical (unpaired) electrons. The van der Waals surface area contributed by atoms with Gasteiger partial charge in [-0.15, -0.1) is 0 Å². The van der Waals surface area contributed by atoms with Crippen molar-refractivity contribution in [3.63, 3.8) is 0 Å². The maximum Gasteiger partial charge on any atom is 0.262 e. The Balaban J connectivity index is 1.62. The van der Waals surface area contributed by atoms with Crippen LogP contribution in [-0.4, -0.2) is 39.4 Å². The third-order valence-corrected chi connectivity index (χ3v) is 4.96. The van der Waals surface area contributed by atoms with Gasteiger partial charge in [0.15, 0.2) is 12.4 Å². The van der Waals surface area contributed by atoms with Crippen molar-refractivity contribution in [1.82, 2.24) is 14.5 Å². The molecule has 0 atom stereocenters. The first-order valence-electron chi connectivity index (χ1n) is 8.85. The zero-order valence-corrected chi connectivity index (χ0v) is 15.2. The minimum Gasteiger partial charge on any atom is -0.481 e. The van der Waals surface area contributed by atoms with Gasteiger partial charge in [-0.3, -0.25) is 9.59 Å². The molecular formula is C19H22N4O3. The molecule has 1 aromatic carbocycles. The van der Waals surface area contributed by atoms with E-state index in [1.165, 1.54) is 5.69 Å².